The number of rotatable bonds is 3. The average molecular weight is 140 g/mol. The summed E-state index contributed by atoms with van der Waals surface area (Å²) in [5.74, 6) is 0. The van der Waals surface area contributed by atoms with Crippen molar-refractivity contribution in [1.29, 1.82) is 0 Å². The molecule has 2 N–H and O–H groups in total. The first-order chi connectivity index (χ1) is 4.84. The molecule has 1 heterocycles. The van der Waals surface area contributed by atoms with Gasteiger partial charge in [0.15, 0.2) is 0 Å². The standard InChI is InChI=1S/C6H12N4/c1-3-7-5(2)6-4-8-10-9-6/h4-5,7H,3H2,1-2H3,(H,8,9,10). The molecule has 4 nitrogen and oxygen atoms in total. The molecule has 0 radical (unpaired) electrons. The topological polar surface area (TPSA) is 53.6 Å². The predicted molar refractivity (Wildman–Crippen MR) is 38.5 cm³/mol. The van der Waals surface area contributed by atoms with Gasteiger partial charge in [-0.05, 0) is 13.5 Å². The first-order valence-corrected chi connectivity index (χ1v) is 3.43. The molecule has 0 saturated heterocycles. The van der Waals surface area contributed by atoms with Gasteiger partial charge in [-0.1, -0.05) is 6.92 Å². The highest BCUT2D eigenvalue weighted by atomic mass is 15.3. The molecule has 10 heavy (non-hydrogen) atoms. The number of nitrogens with one attached hydrogen (secondary N) is 2. The predicted octanol–water partition coefficient (Wildman–Crippen LogP) is 0.475. The molecule has 0 fully saturated rings. The molecule has 0 aliphatic heterocycles. The molecule has 4 heteroatoms. The van der Waals surface area contributed by atoms with Crippen molar-refractivity contribution < 1.29 is 0 Å². The van der Waals surface area contributed by atoms with Crippen LogP contribution in [0.4, 0.5) is 0 Å². The lowest BCUT2D eigenvalue weighted by atomic mass is 10.2. The lowest BCUT2D eigenvalue weighted by Gasteiger charge is -2.06. The summed E-state index contributed by atoms with van der Waals surface area (Å²) in [4.78, 5) is 0. The number of hydrogen-bond acceptors (Lipinski definition) is 3. The van der Waals surface area contributed by atoms with Gasteiger partial charge >= 0.3 is 0 Å². The van der Waals surface area contributed by atoms with Gasteiger partial charge in [-0.25, -0.2) is 0 Å². The zero-order chi connectivity index (χ0) is 7.40. The van der Waals surface area contributed by atoms with Gasteiger partial charge in [-0.2, -0.15) is 15.4 Å². The second-order valence-electron chi connectivity index (χ2n) is 2.17. The van der Waals surface area contributed by atoms with Crippen LogP contribution in [0.5, 0.6) is 0 Å². The fourth-order valence-electron chi connectivity index (χ4n) is 0.830. The third-order valence-electron chi connectivity index (χ3n) is 1.39. The van der Waals surface area contributed by atoms with Crippen LogP contribution < -0.4 is 5.32 Å². The maximum Gasteiger partial charge on any atom is 0.0990 e. The van der Waals surface area contributed by atoms with Gasteiger partial charge in [0.05, 0.1) is 17.9 Å². The van der Waals surface area contributed by atoms with E-state index in [9.17, 15) is 0 Å². The fraction of sp³-hybridized carbons (Fsp3) is 0.667. The van der Waals surface area contributed by atoms with Gasteiger partial charge in [-0.15, -0.1) is 0 Å². The van der Waals surface area contributed by atoms with Crippen LogP contribution in [0.1, 0.15) is 25.6 Å². The smallest absolute Gasteiger partial charge is 0.0990 e. The van der Waals surface area contributed by atoms with Crippen LogP contribution >= 0.6 is 0 Å². The van der Waals surface area contributed by atoms with Crippen molar-refractivity contribution >= 4 is 0 Å². The summed E-state index contributed by atoms with van der Waals surface area (Å²) < 4.78 is 0. The number of nitrogens with zero attached hydrogens (tertiary/aromatic N) is 2. The zero-order valence-corrected chi connectivity index (χ0v) is 6.26. The van der Waals surface area contributed by atoms with Crippen molar-refractivity contribution in [3.05, 3.63) is 11.9 Å². The van der Waals surface area contributed by atoms with E-state index in [1.54, 1.807) is 6.20 Å². The van der Waals surface area contributed by atoms with Crippen LogP contribution in [0.15, 0.2) is 6.20 Å². The molecule has 0 aliphatic rings. The molecular formula is C6H12N4. The Bertz CT molecular complexity index is 170. The van der Waals surface area contributed by atoms with E-state index in [1.165, 1.54) is 0 Å². The minimum Gasteiger partial charge on any atom is -0.309 e. The molecule has 1 rings (SSSR count). The Labute approximate surface area is 60.0 Å². The lowest BCUT2D eigenvalue weighted by molar-refractivity contribution is 0.582. The molecule has 0 amide bonds. The second kappa shape index (κ2) is 3.31. The Morgan fingerprint density at radius 3 is 3.10 bits per heavy atom. The van der Waals surface area contributed by atoms with Crippen LogP contribution in [0.2, 0.25) is 0 Å². The summed E-state index contributed by atoms with van der Waals surface area (Å²) in [7, 11) is 0. The van der Waals surface area contributed by atoms with E-state index in [1.807, 2.05) is 0 Å². The number of hydrogen-bond donors (Lipinski definition) is 2. The zero-order valence-electron chi connectivity index (χ0n) is 6.26. The molecule has 56 valence electrons. The van der Waals surface area contributed by atoms with E-state index in [0.29, 0.717) is 6.04 Å². The van der Waals surface area contributed by atoms with E-state index in [0.717, 1.165) is 12.2 Å². The summed E-state index contributed by atoms with van der Waals surface area (Å²) >= 11 is 0. The van der Waals surface area contributed by atoms with Crippen molar-refractivity contribution in [1.82, 2.24) is 20.7 Å². The maximum atomic E-state index is 3.94. The SMILES string of the molecule is CCNC(C)c1cn[nH]n1. The second-order valence-corrected chi connectivity index (χ2v) is 2.17. The third-order valence-corrected chi connectivity index (χ3v) is 1.39. The van der Waals surface area contributed by atoms with Gasteiger partial charge in [0.2, 0.25) is 0 Å². The average Bonchev–Trinajstić information content (AvgIpc) is 2.38. The quantitative estimate of drug-likeness (QED) is 0.642. The molecule has 0 saturated carbocycles. The summed E-state index contributed by atoms with van der Waals surface area (Å²) in [5.41, 5.74) is 0.960. The summed E-state index contributed by atoms with van der Waals surface area (Å²) in [6, 6.07) is 0.295. The molecule has 0 aromatic carbocycles. The van der Waals surface area contributed by atoms with Gasteiger partial charge in [0.25, 0.3) is 0 Å². The molecule has 0 spiro atoms. The molecule has 1 aromatic heterocycles. The Morgan fingerprint density at radius 1 is 1.80 bits per heavy atom. The lowest BCUT2D eigenvalue weighted by Crippen LogP contribution is -2.17. The third kappa shape index (κ3) is 1.54. The first-order valence-electron chi connectivity index (χ1n) is 3.43. The van der Waals surface area contributed by atoms with Crippen molar-refractivity contribution in [2.24, 2.45) is 0 Å². The van der Waals surface area contributed by atoms with Crippen LogP contribution in [-0.4, -0.2) is 22.0 Å². The normalized spacial score (nSPS) is 13.4. The Balaban J connectivity index is 2.50. The minimum absolute atomic E-state index is 0.295. The van der Waals surface area contributed by atoms with Crippen molar-refractivity contribution in [2.45, 2.75) is 19.9 Å². The van der Waals surface area contributed by atoms with E-state index in [4.69, 9.17) is 0 Å². The van der Waals surface area contributed by atoms with Gasteiger partial charge < -0.3 is 5.32 Å². The van der Waals surface area contributed by atoms with Crippen LogP contribution in [0.25, 0.3) is 0 Å². The van der Waals surface area contributed by atoms with Crippen molar-refractivity contribution in [3.8, 4) is 0 Å². The first kappa shape index (κ1) is 7.21. The highest BCUT2D eigenvalue weighted by Crippen LogP contribution is 2.04. The van der Waals surface area contributed by atoms with E-state index >= 15 is 0 Å². The minimum atomic E-state index is 0.295. The Kier molecular flexibility index (Phi) is 2.39. The van der Waals surface area contributed by atoms with Crippen LogP contribution in [0.3, 0.4) is 0 Å². The molecule has 1 aromatic rings. The number of H-pyrrole nitrogens is 1. The molecule has 0 bridgehead atoms. The Morgan fingerprint density at radius 2 is 2.60 bits per heavy atom. The van der Waals surface area contributed by atoms with E-state index < -0.39 is 0 Å². The summed E-state index contributed by atoms with van der Waals surface area (Å²) in [5, 5.41) is 13.4. The summed E-state index contributed by atoms with van der Waals surface area (Å²) in [6.07, 6.45) is 1.73. The number of aromatic amines is 1. The monoisotopic (exact) mass is 140 g/mol. The maximum absolute atomic E-state index is 3.94. The van der Waals surface area contributed by atoms with Crippen molar-refractivity contribution in [3.63, 3.8) is 0 Å². The van der Waals surface area contributed by atoms with E-state index in [-0.39, 0.29) is 0 Å². The largest absolute Gasteiger partial charge is 0.309 e. The highest BCUT2D eigenvalue weighted by molar-refractivity contribution is 4.96. The summed E-state index contributed by atoms with van der Waals surface area (Å²) in [6.45, 7) is 5.08. The van der Waals surface area contributed by atoms with E-state index in [2.05, 4.69) is 34.6 Å². The molecule has 1 unspecified atom stereocenters. The molecular weight excluding hydrogens is 128 g/mol. The van der Waals surface area contributed by atoms with Gasteiger partial charge in [-0.3, -0.25) is 0 Å². The number of aromatic nitrogens is 3. The molecule has 1 atom stereocenters. The van der Waals surface area contributed by atoms with Gasteiger partial charge in [0.1, 0.15) is 0 Å². The fourth-order valence-corrected chi connectivity index (χ4v) is 0.830. The molecule has 0 aliphatic carbocycles. The Hall–Kier alpha value is -0.900. The van der Waals surface area contributed by atoms with Gasteiger partial charge in [0, 0.05) is 0 Å². The van der Waals surface area contributed by atoms with Crippen LogP contribution in [-0.2, 0) is 0 Å². The van der Waals surface area contributed by atoms with Crippen LogP contribution in [0, 0.1) is 0 Å². The van der Waals surface area contributed by atoms with Crippen molar-refractivity contribution in [2.75, 3.05) is 6.54 Å². The highest BCUT2D eigenvalue weighted by Gasteiger charge is 2.04.